The van der Waals surface area contributed by atoms with Crippen LogP contribution in [0.15, 0.2) is 30.3 Å². The van der Waals surface area contributed by atoms with E-state index in [4.69, 9.17) is 4.84 Å². The highest BCUT2D eigenvalue weighted by Crippen LogP contribution is 2.17. The molecule has 4 heteroatoms. The van der Waals surface area contributed by atoms with Crippen molar-refractivity contribution in [2.45, 2.75) is 31.9 Å². The fourth-order valence-corrected chi connectivity index (χ4v) is 1.53. The van der Waals surface area contributed by atoms with Crippen molar-refractivity contribution in [3.8, 4) is 0 Å². The lowest BCUT2D eigenvalue weighted by Gasteiger charge is -2.26. The van der Waals surface area contributed by atoms with Crippen LogP contribution in [0.2, 0.25) is 0 Å². The Kier molecular flexibility index (Phi) is 3.77. The maximum atomic E-state index is 11.3. The second kappa shape index (κ2) is 5.51. The molecule has 1 aliphatic carbocycles. The largest absolute Gasteiger partial charge is 0.338 e. The van der Waals surface area contributed by atoms with Crippen LogP contribution in [0.5, 0.6) is 0 Å². The number of urea groups is 1. The van der Waals surface area contributed by atoms with Crippen molar-refractivity contribution in [2.24, 2.45) is 0 Å². The van der Waals surface area contributed by atoms with Gasteiger partial charge in [0.15, 0.2) is 0 Å². The molecule has 0 radical (unpaired) electrons. The fourth-order valence-electron chi connectivity index (χ4n) is 1.53. The summed E-state index contributed by atoms with van der Waals surface area (Å²) in [6, 6.07) is 9.80. The molecule has 0 atom stereocenters. The molecule has 1 aromatic rings. The smallest absolute Gasteiger partial charge is 0.334 e. The number of hydrogen-bond donors (Lipinski definition) is 2. The van der Waals surface area contributed by atoms with E-state index in [1.165, 1.54) is 6.42 Å². The quantitative estimate of drug-likeness (QED) is 0.762. The van der Waals surface area contributed by atoms with E-state index in [0.717, 1.165) is 18.4 Å². The molecule has 1 aliphatic rings. The van der Waals surface area contributed by atoms with E-state index >= 15 is 0 Å². The number of carbonyl (C=O) groups excluding carboxylic acids is 1. The first-order valence-electron chi connectivity index (χ1n) is 5.57. The van der Waals surface area contributed by atoms with Gasteiger partial charge in [-0.3, -0.25) is 4.84 Å². The summed E-state index contributed by atoms with van der Waals surface area (Å²) in [5, 5.41) is 2.83. The Morgan fingerprint density at radius 3 is 2.69 bits per heavy atom. The molecular weight excluding hydrogens is 204 g/mol. The van der Waals surface area contributed by atoms with Crippen LogP contribution in [-0.4, -0.2) is 12.1 Å². The summed E-state index contributed by atoms with van der Waals surface area (Å²) in [5.74, 6) is 0. The highest BCUT2D eigenvalue weighted by Gasteiger charge is 2.18. The molecule has 16 heavy (non-hydrogen) atoms. The molecule has 0 spiro atoms. The number of hydrogen-bond acceptors (Lipinski definition) is 2. The Bertz CT molecular complexity index is 336. The van der Waals surface area contributed by atoms with E-state index in [2.05, 4.69) is 10.8 Å². The van der Waals surface area contributed by atoms with E-state index in [-0.39, 0.29) is 6.03 Å². The summed E-state index contributed by atoms with van der Waals surface area (Å²) < 4.78 is 0. The molecule has 1 aromatic carbocycles. The van der Waals surface area contributed by atoms with Gasteiger partial charge in [0, 0.05) is 6.04 Å². The second-order valence-corrected chi connectivity index (χ2v) is 3.98. The number of rotatable bonds is 4. The number of benzene rings is 1. The lowest BCUT2D eigenvalue weighted by Crippen LogP contribution is -2.45. The number of carbonyl (C=O) groups is 1. The van der Waals surface area contributed by atoms with E-state index in [0.29, 0.717) is 12.6 Å². The topological polar surface area (TPSA) is 50.4 Å². The van der Waals surface area contributed by atoms with Crippen molar-refractivity contribution in [3.63, 3.8) is 0 Å². The van der Waals surface area contributed by atoms with Crippen LogP contribution in [0.3, 0.4) is 0 Å². The van der Waals surface area contributed by atoms with Crippen LogP contribution in [0.25, 0.3) is 0 Å². The molecule has 4 nitrogen and oxygen atoms in total. The minimum absolute atomic E-state index is 0.249. The predicted molar refractivity (Wildman–Crippen MR) is 60.5 cm³/mol. The maximum absolute atomic E-state index is 11.3. The Balaban J connectivity index is 1.62. The zero-order valence-electron chi connectivity index (χ0n) is 9.11. The third-order valence-electron chi connectivity index (χ3n) is 2.69. The zero-order chi connectivity index (χ0) is 11.2. The van der Waals surface area contributed by atoms with Gasteiger partial charge in [-0.1, -0.05) is 30.3 Å². The predicted octanol–water partition coefficient (Wildman–Crippen LogP) is 1.97. The average Bonchev–Trinajstić information content (AvgIpc) is 2.25. The van der Waals surface area contributed by atoms with Crippen LogP contribution in [0, 0.1) is 0 Å². The number of hydroxylamine groups is 1. The van der Waals surface area contributed by atoms with Crippen LogP contribution < -0.4 is 10.8 Å². The molecule has 2 N–H and O–H groups in total. The van der Waals surface area contributed by atoms with Gasteiger partial charge in [-0.15, -0.1) is 0 Å². The molecule has 0 aliphatic heterocycles. The van der Waals surface area contributed by atoms with Crippen molar-refractivity contribution < 1.29 is 9.63 Å². The molecular formula is C12H16N2O2. The van der Waals surface area contributed by atoms with Crippen LogP contribution >= 0.6 is 0 Å². The summed E-state index contributed by atoms with van der Waals surface area (Å²) in [6.07, 6.45) is 3.36. The first-order chi connectivity index (χ1) is 7.84. The normalized spacial score (nSPS) is 15.2. The van der Waals surface area contributed by atoms with Gasteiger partial charge in [-0.05, 0) is 24.8 Å². The molecule has 1 fully saturated rings. The van der Waals surface area contributed by atoms with Gasteiger partial charge >= 0.3 is 6.03 Å². The molecule has 0 bridgehead atoms. The third kappa shape index (κ3) is 3.24. The van der Waals surface area contributed by atoms with Gasteiger partial charge < -0.3 is 5.32 Å². The summed E-state index contributed by atoms with van der Waals surface area (Å²) in [7, 11) is 0. The Labute approximate surface area is 94.9 Å². The first kappa shape index (κ1) is 11.0. The molecule has 86 valence electrons. The summed E-state index contributed by atoms with van der Waals surface area (Å²) >= 11 is 0. The Morgan fingerprint density at radius 2 is 2.06 bits per heavy atom. The molecule has 0 unspecified atom stereocenters. The number of nitrogens with one attached hydrogen (secondary N) is 2. The van der Waals surface area contributed by atoms with Gasteiger partial charge in [0.25, 0.3) is 0 Å². The van der Waals surface area contributed by atoms with Gasteiger partial charge in [-0.25, -0.2) is 10.3 Å². The molecule has 0 heterocycles. The summed E-state index contributed by atoms with van der Waals surface area (Å²) in [4.78, 5) is 16.4. The summed E-state index contributed by atoms with van der Waals surface area (Å²) in [5.41, 5.74) is 3.41. The van der Waals surface area contributed by atoms with E-state index in [1.54, 1.807) is 0 Å². The minimum Gasteiger partial charge on any atom is -0.334 e. The summed E-state index contributed by atoms with van der Waals surface area (Å²) in [6.45, 7) is 0.388. The SMILES string of the molecule is O=C(NOCc1ccccc1)NC1CCC1. The Hall–Kier alpha value is -1.55. The fraction of sp³-hybridized carbons (Fsp3) is 0.417. The van der Waals surface area contributed by atoms with Crippen molar-refractivity contribution in [1.29, 1.82) is 0 Å². The van der Waals surface area contributed by atoms with Crippen LogP contribution in [-0.2, 0) is 11.4 Å². The van der Waals surface area contributed by atoms with Gasteiger partial charge in [-0.2, -0.15) is 0 Å². The van der Waals surface area contributed by atoms with Crippen LogP contribution in [0.1, 0.15) is 24.8 Å². The molecule has 2 amide bonds. The minimum atomic E-state index is -0.249. The highest BCUT2D eigenvalue weighted by molar-refractivity contribution is 5.73. The van der Waals surface area contributed by atoms with Crippen LogP contribution in [0.4, 0.5) is 4.79 Å². The van der Waals surface area contributed by atoms with Gasteiger partial charge in [0.2, 0.25) is 0 Å². The van der Waals surface area contributed by atoms with Crippen molar-refractivity contribution in [2.75, 3.05) is 0 Å². The van der Waals surface area contributed by atoms with E-state index in [1.807, 2.05) is 30.3 Å². The maximum Gasteiger partial charge on any atom is 0.338 e. The van der Waals surface area contributed by atoms with Gasteiger partial charge in [0.1, 0.15) is 0 Å². The lowest BCUT2D eigenvalue weighted by atomic mass is 9.93. The molecule has 0 saturated heterocycles. The van der Waals surface area contributed by atoms with Gasteiger partial charge in [0.05, 0.1) is 6.61 Å². The van der Waals surface area contributed by atoms with Crippen molar-refractivity contribution in [3.05, 3.63) is 35.9 Å². The Morgan fingerprint density at radius 1 is 1.31 bits per heavy atom. The number of amides is 2. The molecule has 1 saturated carbocycles. The average molecular weight is 220 g/mol. The highest BCUT2D eigenvalue weighted by atomic mass is 16.7. The standard InChI is InChI=1S/C12H16N2O2/c15-12(13-11-7-4-8-11)14-16-9-10-5-2-1-3-6-10/h1-3,5-6,11H,4,7-9H2,(H2,13,14,15). The van der Waals surface area contributed by atoms with Crippen molar-refractivity contribution in [1.82, 2.24) is 10.8 Å². The monoisotopic (exact) mass is 220 g/mol. The lowest BCUT2D eigenvalue weighted by molar-refractivity contribution is 0.0471. The first-order valence-corrected chi connectivity index (χ1v) is 5.57. The van der Waals surface area contributed by atoms with E-state index < -0.39 is 0 Å². The molecule has 2 rings (SSSR count). The third-order valence-corrected chi connectivity index (χ3v) is 2.69. The van der Waals surface area contributed by atoms with Crippen molar-refractivity contribution >= 4 is 6.03 Å². The van der Waals surface area contributed by atoms with E-state index in [9.17, 15) is 4.79 Å². The molecule has 0 aromatic heterocycles. The zero-order valence-corrected chi connectivity index (χ0v) is 9.11. The second-order valence-electron chi connectivity index (χ2n) is 3.98.